The van der Waals surface area contributed by atoms with Crippen LogP contribution in [0.25, 0.3) is 0 Å². The third kappa shape index (κ3) is 0.926. The fourth-order valence-corrected chi connectivity index (χ4v) is 1.86. The van der Waals surface area contributed by atoms with Crippen molar-refractivity contribution in [3.05, 3.63) is 0 Å². The number of ether oxygens (including phenoxy) is 1. The highest BCUT2D eigenvalue weighted by Gasteiger charge is 2.61. The highest BCUT2D eigenvalue weighted by Crippen LogP contribution is 2.46. The van der Waals surface area contributed by atoms with Gasteiger partial charge in [-0.2, -0.15) is 0 Å². The second-order valence-corrected chi connectivity index (χ2v) is 3.88. The van der Waals surface area contributed by atoms with Crippen molar-refractivity contribution in [3.63, 3.8) is 0 Å². The normalized spacial score (nSPS) is 45.3. The maximum Gasteiger partial charge on any atom is 0.167 e. The molecule has 1 saturated carbocycles. The standard InChI is InChI=1S/C9H12O3/c1-5(10)6-3-7(11)9(2)8(4-6)12-9/h6,8H,3-4H2,1-2H3/t6-,8+,9-/m0/s1. The number of carbonyl (C=O) groups excluding carboxylic acids is 2. The highest BCUT2D eigenvalue weighted by atomic mass is 16.6. The van der Waals surface area contributed by atoms with Gasteiger partial charge in [-0.15, -0.1) is 0 Å². The Morgan fingerprint density at radius 1 is 1.67 bits per heavy atom. The molecule has 0 aromatic heterocycles. The lowest BCUT2D eigenvalue weighted by Crippen LogP contribution is -2.34. The topological polar surface area (TPSA) is 46.7 Å². The van der Waals surface area contributed by atoms with Gasteiger partial charge in [0, 0.05) is 12.3 Å². The minimum absolute atomic E-state index is 0.0210. The van der Waals surface area contributed by atoms with Gasteiger partial charge >= 0.3 is 0 Å². The van der Waals surface area contributed by atoms with Crippen molar-refractivity contribution in [2.24, 2.45) is 5.92 Å². The molecule has 1 heterocycles. The number of Topliss-reactive ketones (excluding diaryl/α,β-unsaturated/α-hetero) is 2. The maximum absolute atomic E-state index is 11.4. The second-order valence-electron chi connectivity index (χ2n) is 3.88. The van der Waals surface area contributed by atoms with Crippen molar-refractivity contribution in [1.82, 2.24) is 0 Å². The summed E-state index contributed by atoms with van der Waals surface area (Å²) in [6, 6.07) is 0. The molecular formula is C9H12O3. The molecule has 12 heavy (non-hydrogen) atoms. The molecule has 0 radical (unpaired) electrons. The largest absolute Gasteiger partial charge is 0.358 e. The summed E-state index contributed by atoms with van der Waals surface area (Å²) in [4.78, 5) is 22.4. The lowest BCUT2D eigenvalue weighted by molar-refractivity contribution is -0.130. The van der Waals surface area contributed by atoms with Gasteiger partial charge in [-0.25, -0.2) is 0 Å². The fraction of sp³-hybridized carbons (Fsp3) is 0.778. The first kappa shape index (κ1) is 7.92. The van der Waals surface area contributed by atoms with E-state index in [4.69, 9.17) is 4.74 Å². The van der Waals surface area contributed by atoms with Crippen LogP contribution in [0.1, 0.15) is 26.7 Å². The Balaban J connectivity index is 2.12. The van der Waals surface area contributed by atoms with E-state index < -0.39 is 5.60 Å². The van der Waals surface area contributed by atoms with Crippen molar-refractivity contribution in [2.45, 2.75) is 38.4 Å². The van der Waals surface area contributed by atoms with Crippen LogP contribution in [0.2, 0.25) is 0 Å². The highest BCUT2D eigenvalue weighted by molar-refractivity contribution is 5.95. The number of hydrogen-bond donors (Lipinski definition) is 0. The fourth-order valence-electron chi connectivity index (χ4n) is 1.86. The predicted molar refractivity (Wildman–Crippen MR) is 41.7 cm³/mol. The van der Waals surface area contributed by atoms with E-state index in [0.717, 1.165) is 6.42 Å². The molecule has 66 valence electrons. The Hall–Kier alpha value is -0.700. The van der Waals surface area contributed by atoms with E-state index in [1.807, 2.05) is 6.92 Å². The SMILES string of the molecule is CC(=O)[C@H]1CC(=O)[C@]2(C)O[C@@H]2C1. The van der Waals surface area contributed by atoms with E-state index in [1.165, 1.54) is 0 Å². The summed E-state index contributed by atoms with van der Waals surface area (Å²) in [5.74, 6) is 0.123. The zero-order valence-electron chi connectivity index (χ0n) is 7.29. The zero-order chi connectivity index (χ0) is 8.93. The molecule has 0 amide bonds. The van der Waals surface area contributed by atoms with Crippen LogP contribution in [-0.4, -0.2) is 23.3 Å². The molecule has 1 aliphatic carbocycles. The summed E-state index contributed by atoms with van der Waals surface area (Å²) < 4.78 is 5.26. The summed E-state index contributed by atoms with van der Waals surface area (Å²) in [6.45, 7) is 3.36. The zero-order valence-corrected chi connectivity index (χ0v) is 7.29. The van der Waals surface area contributed by atoms with E-state index in [0.29, 0.717) is 6.42 Å². The molecule has 0 spiro atoms. The molecule has 2 aliphatic rings. The first-order chi connectivity index (χ1) is 5.54. The monoisotopic (exact) mass is 168 g/mol. The van der Waals surface area contributed by atoms with Crippen molar-refractivity contribution >= 4 is 11.6 Å². The van der Waals surface area contributed by atoms with Crippen LogP contribution in [0.3, 0.4) is 0 Å². The maximum atomic E-state index is 11.4. The van der Waals surface area contributed by atoms with Crippen molar-refractivity contribution in [2.75, 3.05) is 0 Å². The molecule has 0 unspecified atom stereocenters. The first-order valence-corrected chi connectivity index (χ1v) is 4.25. The van der Waals surface area contributed by atoms with Crippen LogP contribution in [0.5, 0.6) is 0 Å². The van der Waals surface area contributed by atoms with Gasteiger partial charge in [0.1, 0.15) is 11.4 Å². The molecule has 0 N–H and O–H groups in total. The summed E-state index contributed by atoms with van der Waals surface area (Å²) in [5, 5.41) is 0. The van der Waals surface area contributed by atoms with Crippen LogP contribution in [0, 0.1) is 5.92 Å². The molecule has 2 rings (SSSR count). The summed E-state index contributed by atoms with van der Waals surface area (Å²) in [6.07, 6.45) is 1.13. The van der Waals surface area contributed by atoms with Crippen molar-refractivity contribution < 1.29 is 14.3 Å². The van der Waals surface area contributed by atoms with E-state index in [1.54, 1.807) is 6.92 Å². The lowest BCUT2D eigenvalue weighted by Gasteiger charge is -2.18. The minimum Gasteiger partial charge on any atom is -0.358 e. The molecule has 0 bridgehead atoms. The van der Waals surface area contributed by atoms with E-state index in [2.05, 4.69) is 0 Å². The molecule has 2 fully saturated rings. The Labute approximate surface area is 71.1 Å². The van der Waals surface area contributed by atoms with E-state index >= 15 is 0 Å². The minimum atomic E-state index is -0.522. The molecule has 0 aromatic carbocycles. The van der Waals surface area contributed by atoms with Gasteiger partial charge in [-0.3, -0.25) is 9.59 Å². The van der Waals surface area contributed by atoms with Crippen molar-refractivity contribution in [3.8, 4) is 0 Å². The lowest BCUT2D eigenvalue weighted by atomic mass is 9.80. The Morgan fingerprint density at radius 3 is 2.83 bits per heavy atom. The number of carbonyl (C=O) groups is 2. The molecule has 0 aromatic rings. The third-order valence-electron chi connectivity index (χ3n) is 3.00. The van der Waals surface area contributed by atoms with Gasteiger partial charge < -0.3 is 4.74 Å². The van der Waals surface area contributed by atoms with E-state index in [-0.39, 0.29) is 23.6 Å². The quantitative estimate of drug-likeness (QED) is 0.542. The average molecular weight is 168 g/mol. The second kappa shape index (κ2) is 2.16. The van der Waals surface area contributed by atoms with Gasteiger partial charge in [0.15, 0.2) is 5.78 Å². The first-order valence-electron chi connectivity index (χ1n) is 4.25. The van der Waals surface area contributed by atoms with Crippen LogP contribution in [-0.2, 0) is 14.3 Å². The van der Waals surface area contributed by atoms with Crippen LogP contribution < -0.4 is 0 Å². The van der Waals surface area contributed by atoms with Gasteiger partial charge in [0.05, 0.1) is 6.10 Å². The average Bonchev–Trinajstić information content (AvgIpc) is 2.62. The number of hydrogen-bond acceptors (Lipinski definition) is 3. The number of epoxide rings is 1. The van der Waals surface area contributed by atoms with E-state index in [9.17, 15) is 9.59 Å². The van der Waals surface area contributed by atoms with Gasteiger partial charge in [0.25, 0.3) is 0 Å². The Morgan fingerprint density at radius 2 is 2.33 bits per heavy atom. The predicted octanol–water partition coefficient (Wildman–Crippen LogP) is 0.712. The molecule has 3 nitrogen and oxygen atoms in total. The molecular weight excluding hydrogens is 156 g/mol. The number of rotatable bonds is 1. The summed E-state index contributed by atoms with van der Waals surface area (Å²) in [7, 11) is 0. The van der Waals surface area contributed by atoms with Crippen LogP contribution in [0.15, 0.2) is 0 Å². The van der Waals surface area contributed by atoms with Crippen molar-refractivity contribution in [1.29, 1.82) is 0 Å². The Bertz CT molecular complexity index is 258. The van der Waals surface area contributed by atoms with Crippen LogP contribution in [0.4, 0.5) is 0 Å². The number of fused-ring (bicyclic) bond motifs is 1. The summed E-state index contributed by atoms with van der Waals surface area (Å²) in [5.41, 5.74) is -0.522. The Kier molecular flexibility index (Phi) is 1.43. The molecule has 1 aliphatic heterocycles. The smallest absolute Gasteiger partial charge is 0.167 e. The number of ketones is 2. The van der Waals surface area contributed by atoms with Gasteiger partial charge in [0.2, 0.25) is 0 Å². The van der Waals surface area contributed by atoms with Crippen LogP contribution >= 0.6 is 0 Å². The summed E-state index contributed by atoms with van der Waals surface area (Å²) >= 11 is 0. The van der Waals surface area contributed by atoms with Gasteiger partial charge in [-0.05, 0) is 20.3 Å². The molecule has 1 saturated heterocycles. The third-order valence-corrected chi connectivity index (χ3v) is 3.00. The molecule has 3 heteroatoms. The molecule has 3 atom stereocenters. The van der Waals surface area contributed by atoms with Gasteiger partial charge in [-0.1, -0.05) is 0 Å².